The Morgan fingerprint density at radius 1 is 1.33 bits per heavy atom. The van der Waals surface area contributed by atoms with Crippen molar-refractivity contribution in [3.63, 3.8) is 0 Å². The van der Waals surface area contributed by atoms with Crippen LogP contribution in [0.5, 0.6) is 0 Å². The molecule has 1 heterocycles. The number of nitrogens with one attached hydrogen (secondary N) is 2. The van der Waals surface area contributed by atoms with Crippen LogP contribution in [0.4, 0.5) is 4.39 Å². The first-order valence-electron chi connectivity index (χ1n) is 6.23. The molecule has 1 aromatic carbocycles. The van der Waals surface area contributed by atoms with Crippen molar-refractivity contribution in [2.45, 2.75) is 20.0 Å². The van der Waals surface area contributed by atoms with E-state index in [1.807, 2.05) is 6.07 Å². The van der Waals surface area contributed by atoms with Gasteiger partial charge in [0.25, 0.3) is 0 Å². The molecule has 3 nitrogen and oxygen atoms in total. The molecule has 0 saturated heterocycles. The van der Waals surface area contributed by atoms with Gasteiger partial charge in [-0.1, -0.05) is 19.9 Å². The summed E-state index contributed by atoms with van der Waals surface area (Å²) >= 11 is 0. The van der Waals surface area contributed by atoms with Crippen molar-refractivity contribution in [3.05, 3.63) is 35.8 Å². The molecule has 98 valence electrons. The Labute approximate surface area is 106 Å². The molecule has 1 atom stereocenters. The monoisotopic (exact) mass is 250 g/mol. The van der Waals surface area contributed by atoms with Gasteiger partial charge in [0.05, 0.1) is 6.10 Å². The molecular formula is C14H19FN2O. The lowest BCUT2D eigenvalue weighted by atomic mass is 10.1. The number of aliphatic hydroxyl groups is 1. The topological polar surface area (TPSA) is 48.0 Å². The van der Waals surface area contributed by atoms with Crippen molar-refractivity contribution >= 4 is 10.9 Å². The summed E-state index contributed by atoms with van der Waals surface area (Å²) in [6.45, 7) is 5.56. The molecule has 0 amide bonds. The SMILES string of the molecule is CC(C)CNC[C@H](O)c1ccc2[nH]cc(F)c2c1. The maximum absolute atomic E-state index is 13.4. The molecule has 0 aliphatic carbocycles. The molecule has 0 bridgehead atoms. The fourth-order valence-electron chi connectivity index (χ4n) is 1.94. The Morgan fingerprint density at radius 2 is 2.11 bits per heavy atom. The van der Waals surface area contributed by atoms with Crippen molar-refractivity contribution in [1.29, 1.82) is 0 Å². The van der Waals surface area contributed by atoms with Gasteiger partial charge in [-0.05, 0) is 30.2 Å². The number of halogens is 1. The van der Waals surface area contributed by atoms with Crippen LogP contribution in [-0.2, 0) is 0 Å². The van der Waals surface area contributed by atoms with Crippen LogP contribution in [0.15, 0.2) is 24.4 Å². The van der Waals surface area contributed by atoms with Gasteiger partial charge in [0.2, 0.25) is 0 Å². The van der Waals surface area contributed by atoms with E-state index >= 15 is 0 Å². The van der Waals surface area contributed by atoms with Gasteiger partial charge in [-0.2, -0.15) is 0 Å². The van der Waals surface area contributed by atoms with Crippen molar-refractivity contribution in [1.82, 2.24) is 10.3 Å². The minimum Gasteiger partial charge on any atom is -0.387 e. The van der Waals surface area contributed by atoms with Gasteiger partial charge in [0.1, 0.15) is 5.82 Å². The third kappa shape index (κ3) is 2.89. The van der Waals surface area contributed by atoms with Gasteiger partial charge in [-0.25, -0.2) is 4.39 Å². The van der Waals surface area contributed by atoms with Crippen LogP contribution in [0.2, 0.25) is 0 Å². The van der Waals surface area contributed by atoms with E-state index in [1.54, 1.807) is 12.1 Å². The summed E-state index contributed by atoms with van der Waals surface area (Å²) in [6, 6.07) is 5.31. The second kappa shape index (κ2) is 5.50. The molecule has 0 fully saturated rings. The third-order valence-electron chi connectivity index (χ3n) is 2.93. The predicted octanol–water partition coefficient (Wildman–Crippen LogP) is 2.59. The zero-order chi connectivity index (χ0) is 13.1. The number of aromatic nitrogens is 1. The predicted molar refractivity (Wildman–Crippen MR) is 70.9 cm³/mol. The molecule has 2 aromatic rings. The number of fused-ring (bicyclic) bond motifs is 1. The van der Waals surface area contributed by atoms with E-state index in [9.17, 15) is 9.50 Å². The highest BCUT2D eigenvalue weighted by atomic mass is 19.1. The molecule has 0 aliphatic rings. The van der Waals surface area contributed by atoms with Crippen molar-refractivity contribution < 1.29 is 9.50 Å². The first kappa shape index (κ1) is 13.1. The third-order valence-corrected chi connectivity index (χ3v) is 2.93. The van der Waals surface area contributed by atoms with E-state index in [-0.39, 0.29) is 5.82 Å². The molecule has 0 spiro atoms. The van der Waals surface area contributed by atoms with Gasteiger partial charge in [-0.15, -0.1) is 0 Å². The summed E-state index contributed by atoms with van der Waals surface area (Å²) < 4.78 is 13.4. The van der Waals surface area contributed by atoms with E-state index in [2.05, 4.69) is 24.1 Å². The maximum atomic E-state index is 13.4. The molecule has 4 heteroatoms. The summed E-state index contributed by atoms with van der Waals surface area (Å²) in [6.07, 6.45) is 0.722. The molecule has 3 N–H and O–H groups in total. The quantitative estimate of drug-likeness (QED) is 0.764. The number of aliphatic hydroxyl groups excluding tert-OH is 1. The Hall–Kier alpha value is -1.39. The van der Waals surface area contributed by atoms with Gasteiger partial charge in [0.15, 0.2) is 0 Å². The van der Waals surface area contributed by atoms with Crippen LogP contribution in [-0.4, -0.2) is 23.2 Å². The highest BCUT2D eigenvalue weighted by molar-refractivity contribution is 5.80. The Morgan fingerprint density at radius 3 is 2.83 bits per heavy atom. The summed E-state index contributed by atoms with van der Waals surface area (Å²) in [7, 11) is 0. The summed E-state index contributed by atoms with van der Waals surface area (Å²) in [4.78, 5) is 2.84. The normalized spacial score (nSPS) is 13.4. The molecule has 0 saturated carbocycles. The van der Waals surface area contributed by atoms with Gasteiger partial charge in [-0.3, -0.25) is 0 Å². The first-order chi connectivity index (χ1) is 8.58. The first-order valence-corrected chi connectivity index (χ1v) is 6.23. The Balaban J connectivity index is 2.07. The lowest BCUT2D eigenvalue weighted by molar-refractivity contribution is 0.173. The number of hydrogen-bond acceptors (Lipinski definition) is 2. The fraction of sp³-hybridized carbons (Fsp3) is 0.429. The lowest BCUT2D eigenvalue weighted by Crippen LogP contribution is -2.25. The summed E-state index contributed by atoms with van der Waals surface area (Å²) in [5.74, 6) is 0.260. The Kier molecular flexibility index (Phi) is 3.99. The molecular weight excluding hydrogens is 231 g/mol. The molecule has 2 rings (SSSR count). The van der Waals surface area contributed by atoms with E-state index in [4.69, 9.17) is 0 Å². The van der Waals surface area contributed by atoms with Crippen molar-refractivity contribution in [3.8, 4) is 0 Å². The summed E-state index contributed by atoms with van der Waals surface area (Å²) in [5.41, 5.74) is 1.48. The van der Waals surface area contributed by atoms with Crippen molar-refractivity contribution in [2.75, 3.05) is 13.1 Å². The van der Waals surface area contributed by atoms with E-state index in [1.165, 1.54) is 6.20 Å². The standard InChI is InChI=1S/C14H19FN2O/c1-9(2)6-16-8-14(18)10-3-4-13-11(5-10)12(15)7-17-13/h3-5,7,9,14,16-18H,6,8H2,1-2H3/t14-/m0/s1. The molecule has 1 aromatic heterocycles. The van der Waals surface area contributed by atoms with Crippen LogP contribution in [0.25, 0.3) is 10.9 Å². The van der Waals surface area contributed by atoms with E-state index in [0.29, 0.717) is 17.8 Å². The average molecular weight is 250 g/mol. The van der Waals surface area contributed by atoms with Crippen LogP contribution in [0.1, 0.15) is 25.5 Å². The molecule has 18 heavy (non-hydrogen) atoms. The minimum absolute atomic E-state index is 0.283. The fourth-order valence-corrected chi connectivity index (χ4v) is 1.94. The van der Waals surface area contributed by atoms with Crippen LogP contribution < -0.4 is 5.32 Å². The number of rotatable bonds is 5. The van der Waals surface area contributed by atoms with Crippen LogP contribution in [0, 0.1) is 11.7 Å². The van der Waals surface area contributed by atoms with Crippen molar-refractivity contribution in [2.24, 2.45) is 5.92 Å². The maximum Gasteiger partial charge on any atom is 0.148 e. The highest BCUT2D eigenvalue weighted by Crippen LogP contribution is 2.21. The molecule has 0 unspecified atom stereocenters. The van der Waals surface area contributed by atoms with E-state index in [0.717, 1.165) is 17.6 Å². The zero-order valence-corrected chi connectivity index (χ0v) is 10.7. The second-order valence-electron chi connectivity index (χ2n) is 5.01. The minimum atomic E-state index is -0.609. The Bertz CT molecular complexity index is 521. The molecule has 0 aliphatic heterocycles. The smallest absolute Gasteiger partial charge is 0.148 e. The number of hydrogen-bond donors (Lipinski definition) is 3. The van der Waals surface area contributed by atoms with Gasteiger partial charge < -0.3 is 15.4 Å². The van der Waals surface area contributed by atoms with Crippen LogP contribution in [0.3, 0.4) is 0 Å². The summed E-state index contributed by atoms with van der Waals surface area (Å²) in [5, 5.41) is 13.7. The lowest BCUT2D eigenvalue weighted by Gasteiger charge is -2.13. The van der Waals surface area contributed by atoms with E-state index < -0.39 is 6.10 Å². The van der Waals surface area contributed by atoms with Gasteiger partial charge in [0, 0.05) is 23.6 Å². The largest absolute Gasteiger partial charge is 0.387 e. The highest BCUT2D eigenvalue weighted by Gasteiger charge is 2.10. The molecule has 0 radical (unpaired) electrons. The second-order valence-corrected chi connectivity index (χ2v) is 5.01. The van der Waals surface area contributed by atoms with Gasteiger partial charge >= 0.3 is 0 Å². The number of aromatic amines is 1. The average Bonchev–Trinajstić information content (AvgIpc) is 2.70. The van der Waals surface area contributed by atoms with Crippen LogP contribution >= 0.6 is 0 Å². The zero-order valence-electron chi connectivity index (χ0n) is 10.7. The number of benzene rings is 1. The number of H-pyrrole nitrogens is 1.